The number of piperidine rings is 1. The van der Waals surface area contributed by atoms with Crippen molar-refractivity contribution in [2.24, 2.45) is 11.8 Å². The number of rotatable bonds is 7. The van der Waals surface area contributed by atoms with Crippen LogP contribution in [0.2, 0.25) is 0 Å². The van der Waals surface area contributed by atoms with Crippen LogP contribution in [0.15, 0.2) is 29.2 Å². The lowest BCUT2D eigenvalue weighted by Crippen LogP contribution is -2.49. The van der Waals surface area contributed by atoms with E-state index in [9.17, 15) is 23.1 Å². The van der Waals surface area contributed by atoms with E-state index in [0.29, 0.717) is 38.0 Å². The first-order valence-corrected chi connectivity index (χ1v) is 12.0. The Kier molecular flexibility index (Phi) is 7.15. The summed E-state index contributed by atoms with van der Waals surface area (Å²) < 4.78 is 27.6. The number of hydrogen-bond donors (Lipinski definition) is 2. The largest absolute Gasteiger partial charge is 0.394 e. The first kappa shape index (κ1) is 22.7. The second-order valence-electron chi connectivity index (χ2n) is 8.39. The molecule has 2 aliphatic rings. The van der Waals surface area contributed by atoms with Crippen LogP contribution in [0.1, 0.15) is 39.5 Å². The molecule has 2 amide bonds. The van der Waals surface area contributed by atoms with Gasteiger partial charge in [-0.25, -0.2) is 8.42 Å². The van der Waals surface area contributed by atoms with Crippen LogP contribution >= 0.6 is 0 Å². The SMILES string of the molecule is CC(C)[C@H](CO)NC(=O)[C@@H]1CCCN(S(=O)(=O)c2ccc(N3CCCC3=O)cc2)C1. The zero-order chi connectivity index (χ0) is 21.9. The first-order valence-electron chi connectivity index (χ1n) is 10.6. The summed E-state index contributed by atoms with van der Waals surface area (Å²) in [6.07, 6.45) is 2.54. The lowest BCUT2D eigenvalue weighted by atomic mass is 9.97. The van der Waals surface area contributed by atoms with Crippen molar-refractivity contribution in [1.29, 1.82) is 0 Å². The topological polar surface area (TPSA) is 107 Å². The molecule has 2 N–H and O–H groups in total. The highest BCUT2D eigenvalue weighted by Gasteiger charge is 2.34. The van der Waals surface area contributed by atoms with Crippen LogP contribution in [0.4, 0.5) is 5.69 Å². The highest BCUT2D eigenvalue weighted by Crippen LogP contribution is 2.27. The van der Waals surface area contributed by atoms with E-state index in [1.54, 1.807) is 17.0 Å². The van der Waals surface area contributed by atoms with Crippen LogP contribution in [0.5, 0.6) is 0 Å². The zero-order valence-corrected chi connectivity index (χ0v) is 18.4. The summed E-state index contributed by atoms with van der Waals surface area (Å²) in [7, 11) is -3.73. The molecular weight excluding hydrogens is 406 g/mol. The van der Waals surface area contributed by atoms with Crippen molar-refractivity contribution < 1.29 is 23.1 Å². The van der Waals surface area contributed by atoms with Crippen LogP contribution in [0, 0.1) is 11.8 Å². The van der Waals surface area contributed by atoms with E-state index in [1.807, 2.05) is 13.8 Å². The predicted octanol–water partition coefficient (Wildman–Crippen LogP) is 1.35. The molecule has 0 aliphatic carbocycles. The van der Waals surface area contributed by atoms with E-state index in [2.05, 4.69) is 5.32 Å². The van der Waals surface area contributed by atoms with Crippen molar-refractivity contribution in [3.8, 4) is 0 Å². The Morgan fingerprint density at radius 3 is 2.47 bits per heavy atom. The van der Waals surface area contributed by atoms with Crippen LogP contribution in [-0.2, 0) is 19.6 Å². The number of amides is 2. The maximum atomic E-state index is 13.1. The number of anilines is 1. The van der Waals surface area contributed by atoms with E-state index in [-0.39, 0.29) is 41.8 Å². The molecule has 1 aromatic rings. The molecule has 0 bridgehead atoms. The second kappa shape index (κ2) is 9.45. The summed E-state index contributed by atoms with van der Waals surface area (Å²) in [5.74, 6) is -0.519. The van der Waals surface area contributed by atoms with Gasteiger partial charge in [-0.05, 0) is 49.4 Å². The molecule has 2 atom stereocenters. The van der Waals surface area contributed by atoms with Gasteiger partial charge in [0.2, 0.25) is 21.8 Å². The standard InChI is InChI=1S/C21H31N3O5S/c1-15(2)19(14-25)22-21(27)16-5-3-11-23(13-16)30(28,29)18-9-7-17(8-10-18)24-12-4-6-20(24)26/h7-10,15-16,19,25H,3-6,11-14H2,1-2H3,(H,22,27)/t16-,19+/m1/s1. The van der Waals surface area contributed by atoms with Gasteiger partial charge in [-0.3, -0.25) is 9.59 Å². The lowest BCUT2D eigenvalue weighted by Gasteiger charge is -2.32. The number of aliphatic hydroxyl groups is 1. The smallest absolute Gasteiger partial charge is 0.243 e. The Hall–Kier alpha value is -1.97. The number of aliphatic hydroxyl groups excluding tert-OH is 1. The molecule has 2 fully saturated rings. The summed E-state index contributed by atoms with van der Waals surface area (Å²) in [5, 5.41) is 12.3. The van der Waals surface area contributed by atoms with Gasteiger partial charge in [-0.15, -0.1) is 0 Å². The Bertz CT molecular complexity index is 869. The molecule has 2 heterocycles. The Morgan fingerprint density at radius 1 is 1.20 bits per heavy atom. The molecule has 0 radical (unpaired) electrons. The van der Waals surface area contributed by atoms with E-state index in [0.717, 1.165) is 6.42 Å². The van der Waals surface area contributed by atoms with Crippen LogP contribution in [0.25, 0.3) is 0 Å². The molecule has 8 nitrogen and oxygen atoms in total. The summed E-state index contributed by atoms with van der Waals surface area (Å²) in [6, 6.07) is 6.05. The number of hydrogen-bond acceptors (Lipinski definition) is 5. The minimum absolute atomic E-state index is 0.0538. The van der Waals surface area contributed by atoms with Crippen molar-refractivity contribution in [2.75, 3.05) is 31.1 Å². The molecule has 1 aromatic carbocycles. The summed E-state index contributed by atoms with van der Waals surface area (Å²) in [6.45, 7) is 4.82. The average Bonchev–Trinajstić information content (AvgIpc) is 3.17. The lowest BCUT2D eigenvalue weighted by molar-refractivity contribution is -0.127. The van der Waals surface area contributed by atoms with Gasteiger partial charge in [0.05, 0.1) is 23.5 Å². The number of benzene rings is 1. The van der Waals surface area contributed by atoms with Crippen molar-refractivity contribution >= 4 is 27.5 Å². The van der Waals surface area contributed by atoms with E-state index >= 15 is 0 Å². The fourth-order valence-corrected chi connectivity index (χ4v) is 5.49. The number of carbonyl (C=O) groups is 2. The predicted molar refractivity (Wildman–Crippen MR) is 113 cm³/mol. The molecular formula is C21H31N3O5S. The molecule has 0 aromatic heterocycles. The normalized spacial score (nSPS) is 21.8. The van der Waals surface area contributed by atoms with Gasteiger partial charge in [0.1, 0.15) is 0 Å². The quantitative estimate of drug-likeness (QED) is 0.670. The molecule has 9 heteroatoms. The van der Waals surface area contributed by atoms with Gasteiger partial charge in [-0.1, -0.05) is 13.8 Å². The highest BCUT2D eigenvalue weighted by molar-refractivity contribution is 7.89. The summed E-state index contributed by atoms with van der Waals surface area (Å²) in [5.41, 5.74) is 0.705. The zero-order valence-electron chi connectivity index (χ0n) is 17.6. The molecule has 2 aliphatic heterocycles. The number of nitrogens with zero attached hydrogens (tertiary/aromatic N) is 2. The number of sulfonamides is 1. The Labute approximate surface area is 178 Å². The van der Waals surface area contributed by atoms with Crippen LogP contribution in [0.3, 0.4) is 0 Å². The van der Waals surface area contributed by atoms with Crippen molar-refractivity contribution in [3.05, 3.63) is 24.3 Å². The Balaban J connectivity index is 1.69. The third kappa shape index (κ3) is 4.84. The van der Waals surface area contributed by atoms with E-state index in [4.69, 9.17) is 0 Å². The molecule has 30 heavy (non-hydrogen) atoms. The third-order valence-corrected chi connectivity index (χ3v) is 7.82. The fourth-order valence-electron chi connectivity index (χ4n) is 3.97. The minimum atomic E-state index is -3.73. The fraction of sp³-hybridized carbons (Fsp3) is 0.619. The minimum Gasteiger partial charge on any atom is -0.394 e. The monoisotopic (exact) mass is 437 g/mol. The maximum Gasteiger partial charge on any atom is 0.243 e. The van der Waals surface area contributed by atoms with Crippen molar-refractivity contribution in [2.45, 2.75) is 50.5 Å². The second-order valence-corrected chi connectivity index (χ2v) is 10.3. The first-order chi connectivity index (χ1) is 14.2. The van der Waals surface area contributed by atoms with Crippen molar-refractivity contribution in [3.63, 3.8) is 0 Å². The van der Waals surface area contributed by atoms with Gasteiger partial charge in [0.25, 0.3) is 0 Å². The molecule has 0 unspecified atom stereocenters. The third-order valence-electron chi connectivity index (χ3n) is 5.94. The molecule has 3 rings (SSSR count). The van der Waals surface area contributed by atoms with Gasteiger partial charge >= 0.3 is 0 Å². The number of carbonyl (C=O) groups excluding carboxylic acids is 2. The van der Waals surface area contributed by atoms with Crippen molar-refractivity contribution in [1.82, 2.24) is 9.62 Å². The molecule has 2 saturated heterocycles. The maximum absolute atomic E-state index is 13.1. The van der Waals surface area contributed by atoms with Crippen LogP contribution in [-0.4, -0.2) is 61.9 Å². The van der Waals surface area contributed by atoms with Gasteiger partial charge in [0, 0.05) is 31.7 Å². The van der Waals surface area contributed by atoms with Gasteiger partial charge in [0.15, 0.2) is 0 Å². The summed E-state index contributed by atoms with van der Waals surface area (Å²) in [4.78, 5) is 26.3. The van der Waals surface area contributed by atoms with Gasteiger partial charge in [-0.2, -0.15) is 4.31 Å². The summed E-state index contributed by atoms with van der Waals surface area (Å²) >= 11 is 0. The number of nitrogens with one attached hydrogen (secondary N) is 1. The van der Waals surface area contributed by atoms with Gasteiger partial charge < -0.3 is 15.3 Å². The molecule has 0 saturated carbocycles. The highest BCUT2D eigenvalue weighted by atomic mass is 32.2. The molecule has 166 valence electrons. The van der Waals surface area contributed by atoms with E-state index < -0.39 is 15.9 Å². The Morgan fingerprint density at radius 2 is 1.90 bits per heavy atom. The van der Waals surface area contributed by atoms with Crippen LogP contribution < -0.4 is 10.2 Å². The average molecular weight is 438 g/mol. The molecule has 0 spiro atoms. The van der Waals surface area contributed by atoms with E-state index in [1.165, 1.54) is 16.4 Å².